The molecule has 1 heterocycles. The molecule has 1 aromatic carbocycles. The van der Waals surface area contributed by atoms with Crippen molar-refractivity contribution in [3.63, 3.8) is 0 Å². The topological polar surface area (TPSA) is 82.1 Å². The van der Waals surface area contributed by atoms with Gasteiger partial charge in [0, 0.05) is 35.0 Å². The number of anilines is 1. The fourth-order valence-electron chi connectivity index (χ4n) is 2.82. The lowest BCUT2D eigenvalue weighted by Gasteiger charge is -2.34. The van der Waals surface area contributed by atoms with Crippen LogP contribution < -0.4 is 5.32 Å². The first-order valence-electron chi connectivity index (χ1n) is 8.99. The van der Waals surface area contributed by atoms with Gasteiger partial charge < -0.3 is 20.1 Å². The van der Waals surface area contributed by atoms with E-state index in [1.807, 2.05) is 24.3 Å². The molecule has 0 saturated carbocycles. The van der Waals surface area contributed by atoms with Gasteiger partial charge in [0.15, 0.2) is 0 Å². The average Bonchev–Trinajstić information content (AvgIpc) is 2.54. The number of benzene rings is 1. The second kappa shape index (κ2) is 9.43. The van der Waals surface area contributed by atoms with E-state index in [-0.39, 0.29) is 23.4 Å². The number of carboxylic acids is 1. The summed E-state index contributed by atoms with van der Waals surface area (Å²) in [4.78, 5) is 27.9. The third-order valence-corrected chi connectivity index (χ3v) is 5.00. The summed E-state index contributed by atoms with van der Waals surface area (Å²) in [5.41, 5.74) is 0.754. The molecule has 1 aliphatic heterocycles. The summed E-state index contributed by atoms with van der Waals surface area (Å²) >= 11 is 1.78. The van der Waals surface area contributed by atoms with Crippen LogP contribution >= 0.6 is 11.8 Å². The number of carbonyl (C=O) groups is 2. The number of rotatable bonds is 6. The van der Waals surface area contributed by atoms with Crippen molar-refractivity contribution in [2.45, 2.75) is 36.5 Å². The van der Waals surface area contributed by atoms with E-state index in [0.29, 0.717) is 26.2 Å². The van der Waals surface area contributed by atoms with Gasteiger partial charge in [-0.2, -0.15) is 0 Å². The molecule has 27 heavy (non-hydrogen) atoms. The second-order valence-corrected chi connectivity index (χ2v) is 9.60. The molecule has 1 aromatic rings. The molecule has 2 rings (SSSR count). The number of nitrogens with one attached hydrogen (secondary N) is 1. The molecule has 0 spiro atoms. The lowest BCUT2D eigenvalue weighted by Crippen LogP contribution is -2.50. The number of thioether (sulfide) groups is 1. The van der Waals surface area contributed by atoms with E-state index in [4.69, 9.17) is 9.84 Å². The van der Waals surface area contributed by atoms with E-state index in [2.05, 4.69) is 26.1 Å². The first-order chi connectivity index (χ1) is 12.6. The summed E-state index contributed by atoms with van der Waals surface area (Å²) < 4.78 is 5.80. The molecule has 0 aromatic heterocycles. The number of carboxylic acid groups (broad SMARTS) is 1. The van der Waals surface area contributed by atoms with Gasteiger partial charge in [0.05, 0.1) is 19.3 Å². The lowest BCUT2D eigenvalue weighted by molar-refractivity contribution is -0.138. The van der Waals surface area contributed by atoms with E-state index >= 15 is 0 Å². The number of carbonyl (C=O) groups excluding carboxylic acids is 1. The van der Waals surface area contributed by atoms with Crippen molar-refractivity contribution in [2.75, 3.05) is 45.2 Å². The molecule has 1 atom stereocenters. The number of aliphatic carboxylic acids is 1. The van der Waals surface area contributed by atoms with Crippen LogP contribution in [0.1, 0.15) is 20.8 Å². The Labute approximate surface area is 165 Å². The minimum absolute atomic E-state index is 0.0506. The SMILES string of the molecule is CN(CC(=O)O)CC1CN(C(=O)Nc2ccc(SC(C)(C)C)cc2)CCO1. The maximum atomic E-state index is 12.5. The zero-order chi connectivity index (χ0) is 20.0. The molecule has 150 valence electrons. The summed E-state index contributed by atoms with van der Waals surface area (Å²) in [5, 5.41) is 11.8. The van der Waals surface area contributed by atoms with Gasteiger partial charge in [0.1, 0.15) is 0 Å². The van der Waals surface area contributed by atoms with Gasteiger partial charge in [-0.15, -0.1) is 11.8 Å². The van der Waals surface area contributed by atoms with Gasteiger partial charge in [-0.25, -0.2) is 4.79 Å². The largest absolute Gasteiger partial charge is 0.480 e. The van der Waals surface area contributed by atoms with E-state index < -0.39 is 5.97 Å². The van der Waals surface area contributed by atoms with E-state index in [1.165, 1.54) is 0 Å². The van der Waals surface area contributed by atoms with E-state index in [9.17, 15) is 9.59 Å². The maximum absolute atomic E-state index is 12.5. The number of nitrogens with zero attached hydrogens (tertiary/aromatic N) is 2. The van der Waals surface area contributed by atoms with Crippen LogP contribution in [0.5, 0.6) is 0 Å². The first kappa shape index (κ1) is 21.5. The predicted molar refractivity (Wildman–Crippen MR) is 108 cm³/mol. The summed E-state index contributed by atoms with van der Waals surface area (Å²) in [7, 11) is 1.73. The number of urea groups is 1. The van der Waals surface area contributed by atoms with Crippen LogP contribution in [0.15, 0.2) is 29.2 Å². The zero-order valence-corrected chi connectivity index (χ0v) is 17.2. The van der Waals surface area contributed by atoms with E-state index in [0.717, 1.165) is 10.6 Å². The fourth-order valence-corrected chi connectivity index (χ4v) is 3.80. The van der Waals surface area contributed by atoms with Crippen molar-refractivity contribution in [2.24, 2.45) is 0 Å². The number of morpholine rings is 1. The number of amides is 2. The molecular formula is C19H29N3O4S. The molecule has 1 unspecified atom stereocenters. The first-order valence-corrected chi connectivity index (χ1v) is 9.81. The minimum atomic E-state index is -0.879. The van der Waals surface area contributed by atoms with Crippen molar-refractivity contribution >= 4 is 29.4 Å². The van der Waals surface area contributed by atoms with Gasteiger partial charge in [-0.3, -0.25) is 9.69 Å². The van der Waals surface area contributed by atoms with Crippen LogP contribution in [0.4, 0.5) is 10.5 Å². The third kappa shape index (κ3) is 7.78. The highest BCUT2D eigenvalue weighted by atomic mass is 32.2. The molecule has 8 heteroatoms. The van der Waals surface area contributed by atoms with Gasteiger partial charge in [-0.1, -0.05) is 20.8 Å². The quantitative estimate of drug-likeness (QED) is 0.721. The Morgan fingerprint density at radius 2 is 2.00 bits per heavy atom. The Hall–Kier alpha value is -1.77. The molecule has 0 aliphatic carbocycles. The standard InChI is InChI=1S/C19H29N3O4S/c1-19(2,3)27-16-7-5-14(6-8-16)20-18(25)22-9-10-26-15(12-22)11-21(4)13-17(23)24/h5-8,15H,9-13H2,1-4H3,(H,20,25)(H,23,24). The average molecular weight is 396 g/mol. The Balaban J connectivity index is 1.86. The molecule has 2 amide bonds. The molecule has 0 bridgehead atoms. The van der Waals surface area contributed by atoms with Gasteiger partial charge in [0.2, 0.25) is 0 Å². The highest BCUT2D eigenvalue weighted by Gasteiger charge is 2.25. The van der Waals surface area contributed by atoms with Crippen molar-refractivity contribution in [3.8, 4) is 0 Å². The summed E-state index contributed by atoms with van der Waals surface area (Å²) in [6, 6.07) is 7.67. The number of ether oxygens (including phenoxy) is 1. The highest BCUT2D eigenvalue weighted by molar-refractivity contribution is 8.00. The predicted octanol–water partition coefficient (Wildman–Crippen LogP) is 2.83. The summed E-state index contributed by atoms with van der Waals surface area (Å²) in [6.45, 7) is 8.30. The van der Waals surface area contributed by atoms with Crippen LogP contribution in [0, 0.1) is 0 Å². The Kier molecular flexibility index (Phi) is 7.52. The van der Waals surface area contributed by atoms with Crippen molar-refractivity contribution in [1.82, 2.24) is 9.80 Å². The number of likely N-dealkylation sites (N-methyl/N-ethyl adjacent to an activating group) is 1. The van der Waals surface area contributed by atoms with Crippen LogP contribution in [0.25, 0.3) is 0 Å². The summed E-state index contributed by atoms with van der Waals surface area (Å²) in [5.74, 6) is -0.879. The highest BCUT2D eigenvalue weighted by Crippen LogP contribution is 2.32. The third-order valence-electron chi connectivity index (χ3n) is 3.88. The van der Waals surface area contributed by atoms with Crippen LogP contribution in [-0.2, 0) is 9.53 Å². The van der Waals surface area contributed by atoms with Crippen LogP contribution in [0.3, 0.4) is 0 Å². The molecule has 1 aliphatic rings. The maximum Gasteiger partial charge on any atom is 0.322 e. The molecule has 1 saturated heterocycles. The van der Waals surface area contributed by atoms with Crippen molar-refractivity contribution < 1.29 is 19.4 Å². The fraction of sp³-hybridized carbons (Fsp3) is 0.579. The van der Waals surface area contributed by atoms with E-state index in [1.54, 1.807) is 28.6 Å². The Bertz CT molecular complexity index is 645. The monoisotopic (exact) mass is 395 g/mol. The van der Waals surface area contributed by atoms with Gasteiger partial charge in [-0.05, 0) is 31.3 Å². The molecule has 1 fully saturated rings. The molecule has 2 N–H and O–H groups in total. The van der Waals surface area contributed by atoms with Crippen LogP contribution in [0.2, 0.25) is 0 Å². The number of hydrogen-bond acceptors (Lipinski definition) is 5. The van der Waals surface area contributed by atoms with Gasteiger partial charge in [0.25, 0.3) is 0 Å². The smallest absolute Gasteiger partial charge is 0.322 e. The van der Waals surface area contributed by atoms with Crippen LogP contribution in [-0.4, -0.2) is 77.6 Å². The van der Waals surface area contributed by atoms with Crippen molar-refractivity contribution in [3.05, 3.63) is 24.3 Å². The summed E-state index contributed by atoms with van der Waals surface area (Å²) in [6.07, 6.45) is -0.195. The second-order valence-electron chi connectivity index (χ2n) is 7.70. The Morgan fingerprint density at radius 1 is 1.33 bits per heavy atom. The lowest BCUT2D eigenvalue weighted by atomic mass is 10.2. The molecular weight excluding hydrogens is 366 g/mol. The Morgan fingerprint density at radius 3 is 2.59 bits per heavy atom. The normalized spacial score (nSPS) is 17.8. The zero-order valence-electron chi connectivity index (χ0n) is 16.4. The van der Waals surface area contributed by atoms with Crippen molar-refractivity contribution in [1.29, 1.82) is 0 Å². The van der Waals surface area contributed by atoms with Gasteiger partial charge >= 0.3 is 12.0 Å². The minimum Gasteiger partial charge on any atom is -0.480 e. The molecule has 7 nitrogen and oxygen atoms in total. The molecule has 0 radical (unpaired) electrons. The number of hydrogen-bond donors (Lipinski definition) is 2.